The molecule has 0 saturated heterocycles. The first-order valence-corrected chi connectivity index (χ1v) is 15.0. The minimum absolute atomic E-state index is 0.0245. The third kappa shape index (κ3) is 3.63. The van der Waals surface area contributed by atoms with Gasteiger partial charge >= 0.3 is 0 Å². The summed E-state index contributed by atoms with van der Waals surface area (Å²) in [6, 6.07) is 2.23. The number of hydrogen-bond donors (Lipinski definition) is 1. The van der Waals surface area contributed by atoms with Crippen LogP contribution in [0.5, 0.6) is 0 Å². The van der Waals surface area contributed by atoms with Gasteiger partial charge in [0.05, 0.1) is 17.5 Å². The molecule has 0 radical (unpaired) electrons. The van der Waals surface area contributed by atoms with Gasteiger partial charge in [-0.3, -0.25) is 9.59 Å². The maximum Gasteiger partial charge on any atom is 0.255 e. The summed E-state index contributed by atoms with van der Waals surface area (Å²) in [6.07, 6.45) is 6.63. The van der Waals surface area contributed by atoms with Gasteiger partial charge in [0.2, 0.25) is 5.91 Å². The predicted octanol–water partition coefficient (Wildman–Crippen LogP) is 7.26. The molecule has 4 fully saturated rings. The van der Waals surface area contributed by atoms with Gasteiger partial charge in [0, 0.05) is 5.41 Å². The molecule has 0 bridgehead atoms. The normalized spacial score (nSPS) is 46.2. The monoisotopic (exact) mass is 540 g/mol. The quantitative estimate of drug-likeness (QED) is 0.382. The van der Waals surface area contributed by atoms with E-state index in [1.54, 1.807) is 0 Å². The lowest BCUT2D eigenvalue weighted by Gasteiger charge is -2.71. The summed E-state index contributed by atoms with van der Waals surface area (Å²) in [5.74, 6) is 0.918. The highest BCUT2D eigenvalue weighted by molar-refractivity contribution is 6.04. The van der Waals surface area contributed by atoms with E-state index in [0.29, 0.717) is 17.4 Å². The number of Topliss-reactive ketones (excluding diaryl/α,β-unsaturated/α-hetero) is 1. The van der Waals surface area contributed by atoms with Crippen molar-refractivity contribution in [1.82, 2.24) is 5.32 Å². The van der Waals surface area contributed by atoms with E-state index in [0.717, 1.165) is 56.9 Å². The first-order valence-electron chi connectivity index (χ1n) is 15.0. The molecule has 39 heavy (non-hydrogen) atoms. The number of carbonyl (C=O) groups excluding carboxylic acids is 2. The molecule has 3 unspecified atom stereocenters. The van der Waals surface area contributed by atoms with Gasteiger partial charge in [0.25, 0.3) is 6.43 Å². The van der Waals surface area contributed by atoms with Crippen LogP contribution in [0.4, 0.5) is 8.78 Å². The lowest BCUT2D eigenvalue weighted by Crippen LogP contribution is -2.66. The topological polar surface area (TPSA) is 70.0 Å². The van der Waals surface area contributed by atoms with Crippen LogP contribution >= 0.6 is 0 Å². The summed E-state index contributed by atoms with van der Waals surface area (Å²) in [7, 11) is 0. The van der Waals surface area contributed by atoms with Crippen molar-refractivity contribution in [3.8, 4) is 6.07 Å². The molecule has 4 nitrogen and oxygen atoms in total. The summed E-state index contributed by atoms with van der Waals surface area (Å²) >= 11 is 0. The van der Waals surface area contributed by atoms with Crippen molar-refractivity contribution >= 4 is 11.7 Å². The number of halogens is 2. The molecule has 214 valence electrons. The molecule has 0 aliphatic heterocycles. The minimum atomic E-state index is -2.56. The number of alkyl halides is 2. The number of nitrogens with zero attached hydrogens (tertiary/aromatic N) is 1. The molecule has 1 N–H and O–H groups in total. The van der Waals surface area contributed by atoms with Crippen LogP contribution in [0.3, 0.4) is 0 Å². The molecule has 9 atom stereocenters. The fraction of sp³-hybridized carbons (Fsp3) is 0.788. The van der Waals surface area contributed by atoms with Crippen LogP contribution in [0.25, 0.3) is 0 Å². The van der Waals surface area contributed by atoms with Gasteiger partial charge in [-0.15, -0.1) is 0 Å². The van der Waals surface area contributed by atoms with Crippen LogP contribution in [0.2, 0.25) is 0 Å². The number of ketones is 1. The molecule has 1 amide bonds. The molecule has 4 saturated carbocycles. The van der Waals surface area contributed by atoms with Crippen molar-refractivity contribution in [1.29, 1.82) is 5.26 Å². The SMILES string of the molecule is C=C(C)[C@@H]1CC[C@]2(C(=O)NCC(F)F)CC[C@]3(C)C(CC[C@@H]4[C@@]5(C)C=C(C#N)C(=O)C(C)(C)C5CC[C@]43C)C12. The summed E-state index contributed by atoms with van der Waals surface area (Å²) in [5.41, 5.74) is -0.0877. The highest BCUT2D eigenvalue weighted by atomic mass is 19.3. The second-order valence-corrected chi connectivity index (χ2v) is 15.0. The van der Waals surface area contributed by atoms with Gasteiger partial charge < -0.3 is 5.32 Å². The summed E-state index contributed by atoms with van der Waals surface area (Å²) in [6.45, 7) is 17.1. The van der Waals surface area contributed by atoms with Gasteiger partial charge in [-0.1, -0.05) is 52.8 Å². The number of allylic oxidation sites excluding steroid dienone is 3. The van der Waals surface area contributed by atoms with E-state index in [2.05, 4.69) is 45.7 Å². The van der Waals surface area contributed by atoms with Gasteiger partial charge in [-0.05, 0) is 104 Å². The van der Waals surface area contributed by atoms with Crippen molar-refractivity contribution in [2.24, 2.45) is 56.7 Å². The highest BCUT2D eigenvalue weighted by Crippen LogP contribution is 2.77. The van der Waals surface area contributed by atoms with Crippen molar-refractivity contribution in [2.45, 2.75) is 99.3 Å². The van der Waals surface area contributed by atoms with Crippen LogP contribution in [0, 0.1) is 68.0 Å². The van der Waals surface area contributed by atoms with E-state index in [1.807, 2.05) is 19.9 Å². The second kappa shape index (κ2) is 8.98. The molecule has 5 aliphatic carbocycles. The van der Waals surface area contributed by atoms with Crippen LogP contribution in [0.15, 0.2) is 23.8 Å². The van der Waals surface area contributed by atoms with Gasteiger partial charge in [0.1, 0.15) is 6.07 Å². The maximum absolute atomic E-state index is 13.7. The van der Waals surface area contributed by atoms with E-state index in [9.17, 15) is 23.6 Å². The summed E-state index contributed by atoms with van der Waals surface area (Å²) in [4.78, 5) is 26.9. The van der Waals surface area contributed by atoms with Crippen molar-refractivity contribution < 1.29 is 18.4 Å². The van der Waals surface area contributed by atoms with E-state index in [-0.39, 0.29) is 45.7 Å². The zero-order valence-electron chi connectivity index (χ0n) is 24.6. The largest absolute Gasteiger partial charge is 0.350 e. The first-order chi connectivity index (χ1) is 18.1. The second-order valence-electron chi connectivity index (χ2n) is 15.0. The van der Waals surface area contributed by atoms with Crippen LogP contribution in [-0.2, 0) is 9.59 Å². The molecule has 0 aromatic rings. The number of fused-ring (bicyclic) bond motifs is 7. The van der Waals surface area contributed by atoms with Crippen molar-refractivity contribution in [3.63, 3.8) is 0 Å². The average molecular weight is 541 g/mol. The first kappa shape index (κ1) is 28.5. The molecular weight excluding hydrogens is 494 g/mol. The standard InChI is InChI=1S/C33H46F2N2O2/c1-19(2)21-10-13-33(28(39)37-18-25(34)35)15-14-31(6)22(26(21)33)8-9-24-30(5)16-20(17-36)27(38)29(3,4)23(30)11-12-32(24,31)7/h16,21-26H,1,8-15,18H2,2-7H3,(H,37,39)/t21-,22?,23?,24+,26?,30-,31+,32+,33-/m0/s1. The van der Waals surface area contributed by atoms with Crippen LogP contribution < -0.4 is 5.32 Å². The van der Waals surface area contributed by atoms with Crippen LogP contribution in [-0.4, -0.2) is 24.7 Å². The van der Waals surface area contributed by atoms with Gasteiger partial charge in [0.15, 0.2) is 5.78 Å². The Labute approximate surface area is 233 Å². The molecule has 5 rings (SSSR count). The third-order valence-electron chi connectivity index (χ3n) is 13.4. The summed E-state index contributed by atoms with van der Waals surface area (Å²) in [5, 5.41) is 12.5. The van der Waals surface area contributed by atoms with E-state index >= 15 is 0 Å². The van der Waals surface area contributed by atoms with E-state index in [4.69, 9.17) is 0 Å². The van der Waals surface area contributed by atoms with Gasteiger partial charge in [-0.25, -0.2) is 8.78 Å². The Balaban J connectivity index is 1.57. The fourth-order valence-corrected chi connectivity index (χ4v) is 11.5. The number of nitriles is 1. The molecular formula is C33H46F2N2O2. The lowest BCUT2D eigenvalue weighted by atomic mass is 9.32. The predicted molar refractivity (Wildman–Crippen MR) is 147 cm³/mol. The zero-order chi connectivity index (χ0) is 28.8. The Bertz CT molecular complexity index is 1170. The Kier molecular flexibility index (Phi) is 6.57. The Hall–Kier alpha value is -2.03. The number of amides is 1. The van der Waals surface area contributed by atoms with Crippen molar-refractivity contribution in [2.75, 3.05) is 6.54 Å². The lowest BCUT2D eigenvalue weighted by molar-refractivity contribution is -0.218. The maximum atomic E-state index is 13.7. The molecule has 5 aliphatic rings. The molecule has 6 heteroatoms. The fourth-order valence-electron chi connectivity index (χ4n) is 11.5. The van der Waals surface area contributed by atoms with Gasteiger partial charge in [-0.2, -0.15) is 5.26 Å². The zero-order valence-corrected chi connectivity index (χ0v) is 24.6. The third-order valence-corrected chi connectivity index (χ3v) is 13.4. The van der Waals surface area contributed by atoms with Crippen molar-refractivity contribution in [3.05, 3.63) is 23.8 Å². The minimum Gasteiger partial charge on any atom is -0.350 e. The molecule has 0 spiro atoms. The van der Waals surface area contributed by atoms with Crippen LogP contribution in [0.1, 0.15) is 92.9 Å². The molecule has 0 aromatic heterocycles. The number of hydrogen-bond acceptors (Lipinski definition) is 3. The molecule has 0 aromatic carbocycles. The Morgan fingerprint density at radius 1 is 1.05 bits per heavy atom. The average Bonchev–Trinajstić information content (AvgIpc) is 3.26. The highest BCUT2D eigenvalue weighted by Gasteiger charge is 2.71. The van der Waals surface area contributed by atoms with E-state index < -0.39 is 23.8 Å². The Morgan fingerprint density at radius 2 is 1.74 bits per heavy atom. The Morgan fingerprint density at radius 3 is 2.36 bits per heavy atom. The molecule has 0 heterocycles. The number of carbonyl (C=O) groups is 2. The number of nitrogens with one attached hydrogen (secondary N) is 1. The summed E-state index contributed by atoms with van der Waals surface area (Å²) < 4.78 is 26.2. The van der Waals surface area contributed by atoms with E-state index in [1.165, 1.54) is 0 Å². The smallest absolute Gasteiger partial charge is 0.255 e. The number of rotatable bonds is 4.